The van der Waals surface area contributed by atoms with E-state index in [-0.39, 0.29) is 11.9 Å². The standard InChI is InChI=1S/C26H25Cl2NO5/c1-31-18-6-8-19(9-7-18)34-25-24(17-5-10-20(27)21(28)15-17)29(26(25)30)13-12-16-4-11-22(32-2)23(14-16)33-3/h4-11,14-15,24-25H,12-13H2,1-3H3/t24-,25+/m0/s1. The average Bonchev–Trinajstić information content (AvgIpc) is 2.87. The van der Waals surface area contributed by atoms with Gasteiger partial charge in [-0.15, -0.1) is 0 Å². The Bertz CT molecular complexity index is 1170. The summed E-state index contributed by atoms with van der Waals surface area (Å²) < 4.78 is 22.0. The van der Waals surface area contributed by atoms with E-state index in [9.17, 15) is 4.79 Å². The van der Waals surface area contributed by atoms with E-state index in [0.29, 0.717) is 46.0 Å². The van der Waals surface area contributed by atoms with Crippen molar-refractivity contribution >= 4 is 29.1 Å². The summed E-state index contributed by atoms with van der Waals surface area (Å²) in [5.41, 5.74) is 1.89. The van der Waals surface area contributed by atoms with Gasteiger partial charge in [-0.25, -0.2) is 0 Å². The summed E-state index contributed by atoms with van der Waals surface area (Å²) in [6, 6.07) is 18.0. The van der Waals surface area contributed by atoms with Crippen molar-refractivity contribution < 1.29 is 23.7 Å². The number of halogens is 2. The molecule has 6 nitrogen and oxygen atoms in total. The molecule has 2 atom stereocenters. The van der Waals surface area contributed by atoms with Crippen molar-refractivity contribution in [2.24, 2.45) is 0 Å². The molecule has 1 aliphatic heterocycles. The summed E-state index contributed by atoms with van der Waals surface area (Å²) >= 11 is 12.4. The predicted molar refractivity (Wildman–Crippen MR) is 132 cm³/mol. The lowest BCUT2D eigenvalue weighted by Crippen LogP contribution is -2.61. The normalized spacial score (nSPS) is 17.2. The van der Waals surface area contributed by atoms with Crippen LogP contribution in [0.25, 0.3) is 0 Å². The van der Waals surface area contributed by atoms with Crippen LogP contribution in [0.1, 0.15) is 17.2 Å². The third-order valence-corrected chi connectivity index (χ3v) is 6.59. The number of hydrogen-bond donors (Lipinski definition) is 0. The maximum Gasteiger partial charge on any atom is 0.266 e. The Balaban J connectivity index is 1.55. The highest BCUT2D eigenvalue weighted by molar-refractivity contribution is 6.42. The van der Waals surface area contributed by atoms with Gasteiger partial charge >= 0.3 is 0 Å². The van der Waals surface area contributed by atoms with E-state index in [2.05, 4.69) is 0 Å². The third-order valence-electron chi connectivity index (χ3n) is 5.85. The molecule has 1 amide bonds. The van der Waals surface area contributed by atoms with Crippen molar-refractivity contribution in [1.29, 1.82) is 0 Å². The Morgan fingerprint density at radius 1 is 0.794 bits per heavy atom. The first-order valence-electron chi connectivity index (χ1n) is 10.7. The molecule has 0 bridgehead atoms. The highest BCUT2D eigenvalue weighted by atomic mass is 35.5. The molecule has 1 fully saturated rings. The van der Waals surface area contributed by atoms with Crippen molar-refractivity contribution in [2.75, 3.05) is 27.9 Å². The van der Waals surface area contributed by atoms with E-state index in [4.69, 9.17) is 42.1 Å². The molecule has 0 aliphatic carbocycles. The van der Waals surface area contributed by atoms with Gasteiger partial charge in [0.05, 0.1) is 31.4 Å². The summed E-state index contributed by atoms with van der Waals surface area (Å²) in [5, 5.41) is 0.891. The smallest absolute Gasteiger partial charge is 0.266 e. The Labute approximate surface area is 208 Å². The molecule has 1 aliphatic rings. The van der Waals surface area contributed by atoms with E-state index in [1.807, 2.05) is 24.3 Å². The quantitative estimate of drug-likeness (QED) is 0.357. The molecule has 0 unspecified atom stereocenters. The number of rotatable bonds is 9. The fourth-order valence-corrected chi connectivity index (χ4v) is 4.33. The number of amides is 1. The number of ether oxygens (including phenoxy) is 4. The molecular formula is C26H25Cl2NO5. The molecule has 0 spiro atoms. The highest BCUT2D eigenvalue weighted by Gasteiger charge is 2.50. The molecule has 1 heterocycles. The molecule has 0 radical (unpaired) electrons. The Kier molecular flexibility index (Phi) is 7.39. The lowest BCUT2D eigenvalue weighted by atomic mass is 9.90. The second-order valence-corrected chi connectivity index (χ2v) is 8.62. The first-order chi connectivity index (χ1) is 16.4. The van der Waals surface area contributed by atoms with Crippen LogP contribution < -0.4 is 18.9 Å². The van der Waals surface area contributed by atoms with E-state index >= 15 is 0 Å². The minimum absolute atomic E-state index is 0.0904. The van der Waals surface area contributed by atoms with Crippen molar-refractivity contribution in [3.63, 3.8) is 0 Å². The molecule has 0 saturated carbocycles. The lowest BCUT2D eigenvalue weighted by Gasteiger charge is -2.47. The van der Waals surface area contributed by atoms with Gasteiger partial charge in [0.25, 0.3) is 5.91 Å². The number of nitrogens with zero attached hydrogens (tertiary/aromatic N) is 1. The summed E-state index contributed by atoms with van der Waals surface area (Å²) in [6.07, 6.45) is -0.0323. The third kappa shape index (κ3) is 4.88. The van der Waals surface area contributed by atoms with Crippen LogP contribution in [0.4, 0.5) is 0 Å². The van der Waals surface area contributed by atoms with Gasteiger partial charge in [-0.3, -0.25) is 4.79 Å². The minimum atomic E-state index is -0.670. The Morgan fingerprint density at radius 3 is 2.15 bits per heavy atom. The van der Waals surface area contributed by atoms with Crippen molar-refractivity contribution in [2.45, 2.75) is 18.6 Å². The van der Waals surface area contributed by atoms with E-state index in [1.54, 1.807) is 62.6 Å². The number of hydrogen-bond acceptors (Lipinski definition) is 5. The first kappa shape index (κ1) is 24.0. The SMILES string of the molecule is COc1ccc(O[C@H]2C(=O)N(CCc3ccc(OC)c(OC)c3)[C@H]2c2ccc(Cl)c(Cl)c2)cc1. The van der Waals surface area contributed by atoms with Crippen molar-refractivity contribution in [3.05, 3.63) is 81.8 Å². The molecule has 0 aromatic heterocycles. The zero-order valence-corrected chi connectivity index (χ0v) is 20.6. The van der Waals surface area contributed by atoms with Crippen LogP contribution in [0.3, 0.4) is 0 Å². The summed E-state index contributed by atoms with van der Waals surface area (Å²) in [4.78, 5) is 14.9. The topological polar surface area (TPSA) is 57.2 Å². The van der Waals surface area contributed by atoms with Gasteiger partial charge < -0.3 is 23.8 Å². The maximum atomic E-state index is 13.1. The van der Waals surface area contributed by atoms with Gasteiger partial charge in [0.2, 0.25) is 6.10 Å². The van der Waals surface area contributed by atoms with Gasteiger partial charge in [-0.1, -0.05) is 35.3 Å². The number of likely N-dealkylation sites (tertiary alicyclic amines) is 1. The van der Waals surface area contributed by atoms with Gasteiger partial charge in [-0.2, -0.15) is 0 Å². The van der Waals surface area contributed by atoms with Gasteiger partial charge in [0, 0.05) is 6.54 Å². The molecule has 0 N–H and O–H groups in total. The molecule has 3 aromatic carbocycles. The van der Waals surface area contributed by atoms with Crippen LogP contribution in [-0.4, -0.2) is 44.8 Å². The number of carbonyl (C=O) groups excluding carboxylic acids is 1. The van der Waals surface area contributed by atoms with Crippen molar-refractivity contribution in [1.82, 2.24) is 4.90 Å². The van der Waals surface area contributed by atoms with E-state index < -0.39 is 6.10 Å². The summed E-state index contributed by atoms with van der Waals surface area (Å²) in [5.74, 6) is 2.52. The van der Waals surface area contributed by atoms with Crippen LogP contribution in [0.2, 0.25) is 10.0 Å². The van der Waals surface area contributed by atoms with Gasteiger partial charge in [0.15, 0.2) is 11.5 Å². The molecule has 34 heavy (non-hydrogen) atoms. The first-order valence-corrected chi connectivity index (χ1v) is 11.5. The van der Waals surface area contributed by atoms with E-state index in [1.165, 1.54) is 0 Å². The van der Waals surface area contributed by atoms with Crippen LogP contribution in [0, 0.1) is 0 Å². The average molecular weight is 502 g/mol. The van der Waals surface area contributed by atoms with Crippen LogP contribution >= 0.6 is 23.2 Å². The lowest BCUT2D eigenvalue weighted by molar-refractivity contribution is -0.164. The zero-order valence-electron chi connectivity index (χ0n) is 19.1. The second-order valence-electron chi connectivity index (χ2n) is 7.80. The van der Waals surface area contributed by atoms with Gasteiger partial charge in [-0.05, 0) is 66.1 Å². The Morgan fingerprint density at radius 2 is 1.50 bits per heavy atom. The number of methoxy groups -OCH3 is 3. The van der Waals surface area contributed by atoms with E-state index in [0.717, 1.165) is 11.1 Å². The molecular weight excluding hydrogens is 477 g/mol. The Hall–Kier alpha value is -3.09. The fraction of sp³-hybridized carbons (Fsp3) is 0.269. The molecule has 4 rings (SSSR count). The monoisotopic (exact) mass is 501 g/mol. The van der Waals surface area contributed by atoms with Crippen molar-refractivity contribution in [3.8, 4) is 23.0 Å². The van der Waals surface area contributed by atoms with Gasteiger partial charge in [0.1, 0.15) is 17.5 Å². The summed E-state index contributed by atoms with van der Waals surface area (Å²) in [7, 11) is 4.80. The summed E-state index contributed by atoms with van der Waals surface area (Å²) in [6.45, 7) is 0.502. The molecule has 8 heteroatoms. The van der Waals surface area contributed by atoms with Crippen LogP contribution in [0.5, 0.6) is 23.0 Å². The minimum Gasteiger partial charge on any atom is -0.497 e. The van der Waals surface area contributed by atoms with Crippen LogP contribution in [-0.2, 0) is 11.2 Å². The highest BCUT2D eigenvalue weighted by Crippen LogP contribution is 2.40. The molecule has 1 saturated heterocycles. The molecule has 3 aromatic rings. The number of benzene rings is 3. The number of β-lactam (4-membered cyclic amide) rings is 1. The van der Waals surface area contributed by atoms with Crippen LogP contribution in [0.15, 0.2) is 60.7 Å². The molecule has 178 valence electrons. The zero-order chi connectivity index (χ0) is 24.2. The predicted octanol–water partition coefficient (Wildman–Crippen LogP) is 5.59. The number of carbonyl (C=O) groups is 1. The second kappa shape index (κ2) is 10.5. The fourth-order valence-electron chi connectivity index (χ4n) is 4.02. The largest absolute Gasteiger partial charge is 0.497 e. The maximum absolute atomic E-state index is 13.1.